The quantitative estimate of drug-likeness (QED) is 0.308. The van der Waals surface area contributed by atoms with Crippen molar-refractivity contribution >= 4 is 6.03 Å². The van der Waals surface area contributed by atoms with Gasteiger partial charge in [0, 0.05) is 32.2 Å². The number of likely N-dealkylation sites (tertiary alicyclic amines) is 3. The van der Waals surface area contributed by atoms with Gasteiger partial charge in [-0.15, -0.1) is 0 Å². The molecule has 3 fully saturated rings. The molecule has 5 rings (SSSR count). The highest BCUT2D eigenvalue weighted by molar-refractivity contribution is 5.76. The fourth-order valence-corrected chi connectivity index (χ4v) is 7.25. The van der Waals surface area contributed by atoms with Crippen LogP contribution in [0.3, 0.4) is 0 Å². The number of amides is 2. The van der Waals surface area contributed by atoms with Crippen molar-refractivity contribution in [2.24, 2.45) is 0 Å². The lowest BCUT2D eigenvalue weighted by atomic mass is 9.94. The van der Waals surface area contributed by atoms with Crippen LogP contribution in [0, 0.1) is 12.7 Å². The molecule has 44 heavy (non-hydrogen) atoms. The van der Waals surface area contributed by atoms with E-state index < -0.39 is 47.4 Å². The molecule has 2 aromatic carbocycles. The normalized spacial score (nSPS) is 24.3. The van der Waals surface area contributed by atoms with Gasteiger partial charge in [0.2, 0.25) is 0 Å². The summed E-state index contributed by atoms with van der Waals surface area (Å²) in [5.41, 5.74) is -1.64. The smallest absolute Gasteiger partial charge is 0.321 e. The van der Waals surface area contributed by atoms with Crippen molar-refractivity contribution in [3.05, 3.63) is 70.0 Å². The van der Waals surface area contributed by atoms with Gasteiger partial charge in [0.25, 0.3) is 0 Å². The van der Waals surface area contributed by atoms with Crippen molar-refractivity contribution in [1.29, 1.82) is 0 Å². The fraction of sp³-hybridized carbons (Fsp3) is 0.594. The Morgan fingerprint density at radius 1 is 0.909 bits per heavy atom. The standard InChI is InChI=1S/C32H39F7N4O/c1-20-15-25(33)8-9-27(20)29-28(42-13-6-7-26(42)19-41-11-4-5-12-41)10-14-43(29)30(44)40(3)21(2)22-16-23(31(34,35)36)18-24(17-22)32(37,38)39/h8-9,15-18,21,26,28-29H,4-7,10-14,19H2,1-3H3/t21-,26-,28?,29?/m0/s1. The van der Waals surface area contributed by atoms with E-state index in [1.807, 2.05) is 0 Å². The van der Waals surface area contributed by atoms with E-state index in [0.717, 1.165) is 44.6 Å². The molecule has 2 unspecified atom stereocenters. The Kier molecular flexibility index (Phi) is 9.24. The summed E-state index contributed by atoms with van der Waals surface area (Å²) in [6.07, 6.45) is -4.93. The Hall–Kier alpha value is -2.86. The summed E-state index contributed by atoms with van der Waals surface area (Å²) in [4.78, 5) is 21.9. The number of rotatable bonds is 6. The van der Waals surface area contributed by atoms with Gasteiger partial charge in [-0.25, -0.2) is 9.18 Å². The second kappa shape index (κ2) is 12.5. The molecule has 2 aromatic rings. The van der Waals surface area contributed by atoms with Gasteiger partial charge in [0.1, 0.15) is 5.82 Å². The SMILES string of the molecule is Cc1cc(F)ccc1C1C(N2CCC[C@H]2CN2CCCC2)CCN1C(=O)N(C)[C@@H](C)c1cc(C(F)(F)F)cc(C(F)(F)F)c1. The number of alkyl halides is 6. The van der Waals surface area contributed by atoms with E-state index >= 15 is 0 Å². The van der Waals surface area contributed by atoms with Crippen LogP contribution in [-0.4, -0.2) is 77.5 Å². The molecule has 0 spiro atoms. The lowest BCUT2D eigenvalue weighted by Crippen LogP contribution is -2.49. The Labute approximate surface area is 253 Å². The van der Waals surface area contributed by atoms with Crippen LogP contribution in [0.4, 0.5) is 35.5 Å². The zero-order valence-corrected chi connectivity index (χ0v) is 25.2. The number of benzene rings is 2. The average Bonchev–Trinajstić information content (AvgIpc) is 3.72. The first-order chi connectivity index (χ1) is 20.6. The zero-order chi connectivity index (χ0) is 32.0. The zero-order valence-electron chi connectivity index (χ0n) is 25.2. The molecule has 0 aliphatic carbocycles. The van der Waals surface area contributed by atoms with Crippen molar-refractivity contribution < 1.29 is 35.5 Å². The number of nitrogens with zero attached hydrogens (tertiary/aromatic N) is 4. The third-order valence-electron chi connectivity index (χ3n) is 9.65. The second-order valence-corrected chi connectivity index (χ2v) is 12.4. The maximum Gasteiger partial charge on any atom is 0.416 e. The average molecular weight is 629 g/mol. The topological polar surface area (TPSA) is 30.0 Å². The second-order valence-electron chi connectivity index (χ2n) is 12.4. The first-order valence-electron chi connectivity index (χ1n) is 15.2. The number of carbonyl (C=O) groups excluding carboxylic acids is 1. The minimum atomic E-state index is -4.99. The molecule has 0 saturated carbocycles. The van der Waals surface area contributed by atoms with Gasteiger partial charge in [-0.1, -0.05) is 6.07 Å². The first-order valence-corrected chi connectivity index (χ1v) is 15.2. The summed E-state index contributed by atoms with van der Waals surface area (Å²) in [7, 11) is 1.40. The van der Waals surface area contributed by atoms with Gasteiger partial charge < -0.3 is 14.7 Å². The van der Waals surface area contributed by atoms with Gasteiger partial charge in [-0.05, 0) is 113 Å². The van der Waals surface area contributed by atoms with Gasteiger partial charge in [0.15, 0.2) is 0 Å². The van der Waals surface area contributed by atoms with Crippen LogP contribution in [0.2, 0.25) is 0 Å². The van der Waals surface area contributed by atoms with Crippen molar-refractivity contribution in [3.8, 4) is 0 Å². The molecule has 0 radical (unpaired) electrons. The number of carbonyl (C=O) groups is 1. The van der Waals surface area contributed by atoms with Crippen LogP contribution in [0.5, 0.6) is 0 Å². The Balaban J connectivity index is 1.45. The van der Waals surface area contributed by atoms with Crippen LogP contribution < -0.4 is 0 Å². The molecule has 0 N–H and O–H groups in total. The van der Waals surface area contributed by atoms with E-state index in [4.69, 9.17) is 0 Å². The number of hydrogen-bond acceptors (Lipinski definition) is 3. The van der Waals surface area contributed by atoms with Crippen LogP contribution in [0.25, 0.3) is 0 Å². The van der Waals surface area contributed by atoms with E-state index in [1.165, 1.54) is 43.8 Å². The molecule has 3 saturated heterocycles. The van der Waals surface area contributed by atoms with Gasteiger partial charge in [-0.3, -0.25) is 4.90 Å². The summed E-state index contributed by atoms with van der Waals surface area (Å²) in [6, 6.07) is 4.10. The molecule has 3 aliphatic rings. The number of urea groups is 1. The van der Waals surface area contributed by atoms with E-state index in [-0.39, 0.29) is 17.7 Å². The van der Waals surface area contributed by atoms with Crippen LogP contribution in [0.1, 0.15) is 78.9 Å². The fourth-order valence-electron chi connectivity index (χ4n) is 7.25. The lowest BCUT2D eigenvalue weighted by Gasteiger charge is -2.40. The van der Waals surface area contributed by atoms with E-state index in [1.54, 1.807) is 17.9 Å². The first kappa shape index (κ1) is 32.5. The van der Waals surface area contributed by atoms with E-state index in [0.29, 0.717) is 36.7 Å². The van der Waals surface area contributed by atoms with Crippen LogP contribution in [-0.2, 0) is 12.4 Å². The maximum absolute atomic E-state index is 14.2. The monoisotopic (exact) mass is 628 g/mol. The molecule has 3 aliphatic heterocycles. The number of aryl methyl sites for hydroxylation is 1. The summed E-state index contributed by atoms with van der Waals surface area (Å²) in [6.45, 7) is 7.49. The summed E-state index contributed by atoms with van der Waals surface area (Å²) < 4.78 is 95.6. The van der Waals surface area contributed by atoms with Crippen molar-refractivity contribution in [2.45, 2.75) is 82.5 Å². The maximum atomic E-state index is 14.2. The predicted octanol–water partition coefficient (Wildman–Crippen LogP) is 7.66. The minimum Gasteiger partial charge on any atom is -0.321 e. The third-order valence-corrected chi connectivity index (χ3v) is 9.65. The van der Waals surface area contributed by atoms with Crippen molar-refractivity contribution in [1.82, 2.24) is 19.6 Å². The molecular weight excluding hydrogens is 589 g/mol. The molecule has 12 heteroatoms. The highest BCUT2D eigenvalue weighted by Gasteiger charge is 2.46. The Morgan fingerprint density at radius 2 is 1.55 bits per heavy atom. The molecule has 0 aromatic heterocycles. The van der Waals surface area contributed by atoms with E-state index in [9.17, 15) is 35.5 Å². The van der Waals surface area contributed by atoms with Gasteiger partial charge in [-0.2, -0.15) is 26.3 Å². The molecular formula is C32H39F7N4O. The molecule has 2 amide bonds. The third kappa shape index (κ3) is 6.71. The highest BCUT2D eigenvalue weighted by Crippen LogP contribution is 2.42. The molecule has 0 bridgehead atoms. The molecule has 3 heterocycles. The number of hydrogen-bond donors (Lipinski definition) is 0. The van der Waals surface area contributed by atoms with E-state index in [2.05, 4.69) is 9.80 Å². The Morgan fingerprint density at radius 3 is 2.14 bits per heavy atom. The molecule has 242 valence electrons. The predicted molar refractivity (Wildman–Crippen MR) is 152 cm³/mol. The minimum absolute atomic E-state index is 0.0627. The van der Waals surface area contributed by atoms with Crippen molar-refractivity contribution in [3.63, 3.8) is 0 Å². The Bertz CT molecular complexity index is 1310. The largest absolute Gasteiger partial charge is 0.416 e. The molecule has 5 nitrogen and oxygen atoms in total. The highest BCUT2D eigenvalue weighted by atomic mass is 19.4. The summed E-state index contributed by atoms with van der Waals surface area (Å²) in [5.74, 6) is -0.400. The van der Waals surface area contributed by atoms with Crippen molar-refractivity contribution in [2.75, 3.05) is 39.8 Å². The number of halogens is 7. The van der Waals surface area contributed by atoms with Crippen LogP contribution >= 0.6 is 0 Å². The van der Waals surface area contributed by atoms with Gasteiger partial charge >= 0.3 is 18.4 Å². The van der Waals surface area contributed by atoms with Gasteiger partial charge in [0.05, 0.1) is 23.2 Å². The molecule has 4 atom stereocenters. The summed E-state index contributed by atoms with van der Waals surface area (Å²) >= 11 is 0. The lowest BCUT2D eigenvalue weighted by molar-refractivity contribution is -0.143. The van der Waals surface area contributed by atoms with Crippen LogP contribution in [0.15, 0.2) is 36.4 Å². The summed E-state index contributed by atoms with van der Waals surface area (Å²) in [5, 5.41) is 0.